The van der Waals surface area contributed by atoms with Crippen LogP contribution in [-0.4, -0.2) is 34.6 Å². The van der Waals surface area contributed by atoms with Crippen LogP contribution in [0, 0.1) is 0 Å². The summed E-state index contributed by atoms with van der Waals surface area (Å²) in [6.45, 7) is 2.79. The average Bonchev–Trinajstić information content (AvgIpc) is 2.55. The monoisotopic (exact) mass is 352 g/mol. The number of halogens is 2. The standard InChI is InChI=1S/C16H18Cl2N4O/c1-3-4-9-22(2)16(23)14-7-8-15(21-20-14)19-13-6-5-11(17)10-12(13)18/h5-8,10H,3-4,9H2,1-2H3,(H,19,21). The van der Waals surface area contributed by atoms with E-state index in [9.17, 15) is 4.79 Å². The highest BCUT2D eigenvalue weighted by molar-refractivity contribution is 6.36. The van der Waals surface area contributed by atoms with Gasteiger partial charge in [0.2, 0.25) is 0 Å². The first-order chi connectivity index (χ1) is 11.0. The third-order valence-electron chi connectivity index (χ3n) is 3.27. The summed E-state index contributed by atoms with van der Waals surface area (Å²) in [5.74, 6) is 0.365. The van der Waals surface area contributed by atoms with E-state index in [1.165, 1.54) is 0 Å². The van der Waals surface area contributed by atoms with Crippen molar-refractivity contribution < 1.29 is 4.79 Å². The molecule has 122 valence electrons. The number of anilines is 2. The highest BCUT2D eigenvalue weighted by Crippen LogP contribution is 2.27. The van der Waals surface area contributed by atoms with Gasteiger partial charge in [-0.25, -0.2) is 0 Å². The Balaban J connectivity index is 2.05. The highest BCUT2D eigenvalue weighted by Gasteiger charge is 2.13. The maximum absolute atomic E-state index is 12.2. The lowest BCUT2D eigenvalue weighted by Gasteiger charge is -2.15. The van der Waals surface area contributed by atoms with Crippen molar-refractivity contribution in [3.8, 4) is 0 Å². The fourth-order valence-corrected chi connectivity index (χ4v) is 2.39. The van der Waals surface area contributed by atoms with E-state index in [1.807, 2.05) is 0 Å². The molecule has 2 aromatic rings. The predicted molar refractivity (Wildman–Crippen MR) is 93.6 cm³/mol. The fourth-order valence-electron chi connectivity index (χ4n) is 1.93. The van der Waals surface area contributed by atoms with Gasteiger partial charge in [0.15, 0.2) is 11.5 Å². The highest BCUT2D eigenvalue weighted by atomic mass is 35.5. The molecule has 0 atom stereocenters. The molecular weight excluding hydrogens is 335 g/mol. The number of hydrogen-bond acceptors (Lipinski definition) is 4. The molecule has 0 radical (unpaired) electrons. The topological polar surface area (TPSA) is 58.1 Å². The van der Waals surface area contributed by atoms with Gasteiger partial charge in [0.25, 0.3) is 5.91 Å². The van der Waals surface area contributed by atoms with Crippen LogP contribution in [0.5, 0.6) is 0 Å². The maximum Gasteiger partial charge on any atom is 0.274 e. The van der Waals surface area contributed by atoms with Crippen LogP contribution >= 0.6 is 23.2 Å². The van der Waals surface area contributed by atoms with Gasteiger partial charge in [-0.3, -0.25) is 4.79 Å². The normalized spacial score (nSPS) is 10.4. The van der Waals surface area contributed by atoms with E-state index in [1.54, 1.807) is 42.3 Å². The smallest absolute Gasteiger partial charge is 0.274 e. The lowest BCUT2D eigenvalue weighted by atomic mass is 10.3. The molecule has 23 heavy (non-hydrogen) atoms. The molecule has 0 bridgehead atoms. The lowest BCUT2D eigenvalue weighted by Crippen LogP contribution is -2.28. The largest absolute Gasteiger partial charge is 0.340 e. The second kappa shape index (κ2) is 8.13. The molecule has 0 fully saturated rings. The molecule has 0 aliphatic carbocycles. The summed E-state index contributed by atoms with van der Waals surface area (Å²) in [6, 6.07) is 8.45. The summed E-state index contributed by atoms with van der Waals surface area (Å²) in [5.41, 5.74) is 0.987. The molecule has 2 rings (SSSR count). The van der Waals surface area contributed by atoms with Crippen molar-refractivity contribution in [2.45, 2.75) is 19.8 Å². The van der Waals surface area contributed by atoms with Gasteiger partial charge in [-0.15, -0.1) is 10.2 Å². The Morgan fingerprint density at radius 1 is 1.22 bits per heavy atom. The predicted octanol–water partition coefficient (Wildman–Crippen LogP) is 4.40. The third-order valence-corrected chi connectivity index (χ3v) is 3.82. The number of rotatable bonds is 6. The quantitative estimate of drug-likeness (QED) is 0.836. The minimum Gasteiger partial charge on any atom is -0.340 e. The molecule has 1 aromatic heterocycles. The van der Waals surface area contributed by atoms with Crippen LogP contribution in [-0.2, 0) is 0 Å². The zero-order chi connectivity index (χ0) is 16.8. The Morgan fingerprint density at radius 3 is 2.61 bits per heavy atom. The van der Waals surface area contributed by atoms with Crippen molar-refractivity contribution in [3.05, 3.63) is 46.1 Å². The SMILES string of the molecule is CCCCN(C)C(=O)c1ccc(Nc2ccc(Cl)cc2Cl)nn1. The van der Waals surface area contributed by atoms with Crippen LogP contribution in [0.2, 0.25) is 10.0 Å². The first-order valence-corrected chi connectivity index (χ1v) is 8.08. The van der Waals surface area contributed by atoms with Gasteiger partial charge in [-0.2, -0.15) is 0 Å². The minimum atomic E-state index is -0.137. The number of unbranched alkanes of at least 4 members (excludes halogenated alkanes) is 1. The zero-order valence-electron chi connectivity index (χ0n) is 13.0. The summed E-state index contributed by atoms with van der Waals surface area (Å²) in [4.78, 5) is 13.8. The first-order valence-electron chi connectivity index (χ1n) is 7.32. The summed E-state index contributed by atoms with van der Waals surface area (Å²) in [6.07, 6.45) is 2.00. The second-order valence-electron chi connectivity index (χ2n) is 5.13. The van der Waals surface area contributed by atoms with Crippen molar-refractivity contribution >= 4 is 40.6 Å². The van der Waals surface area contributed by atoms with Crippen molar-refractivity contribution in [1.29, 1.82) is 0 Å². The van der Waals surface area contributed by atoms with Crippen molar-refractivity contribution in [2.75, 3.05) is 18.9 Å². The van der Waals surface area contributed by atoms with Gasteiger partial charge in [0.05, 0.1) is 10.7 Å². The first kappa shape index (κ1) is 17.5. The van der Waals surface area contributed by atoms with E-state index in [2.05, 4.69) is 22.4 Å². The summed E-state index contributed by atoms with van der Waals surface area (Å²) in [7, 11) is 1.76. The second-order valence-corrected chi connectivity index (χ2v) is 5.98. The molecule has 1 heterocycles. The Morgan fingerprint density at radius 2 is 2.00 bits per heavy atom. The van der Waals surface area contributed by atoms with Gasteiger partial charge in [0, 0.05) is 18.6 Å². The van der Waals surface area contributed by atoms with E-state index in [0.29, 0.717) is 33.8 Å². The van der Waals surface area contributed by atoms with Crippen molar-refractivity contribution in [3.63, 3.8) is 0 Å². The molecule has 0 saturated carbocycles. The van der Waals surface area contributed by atoms with Crippen molar-refractivity contribution in [2.24, 2.45) is 0 Å². The van der Waals surface area contributed by atoms with E-state index in [4.69, 9.17) is 23.2 Å². The van der Waals surface area contributed by atoms with Crippen LogP contribution in [0.3, 0.4) is 0 Å². The minimum absolute atomic E-state index is 0.137. The molecule has 0 aliphatic heterocycles. The van der Waals surface area contributed by atoms with E-state index in [-0.39, 0.29) is 5.91 Å². The number of carbonyl (C=O) groups is 1. The zero-order valence-corrected chi connectivity index (χ0v) is 14.5. The Labute approximate surface area is 145 Å². The molecule has 1 aromatic carbocycles. The molecule has 0 spiro atoms. The average molecular weight is 353 g/mol. The Bertz CT molecular complexity index is 676. The van der Waals surface area contributed by atoms with E-state index >= 15 is 0 Å². The van der Waals surface area contributed by atoms with Crippen LogP contribution in [0.15, 0.2) is 30.3 Å². The molecule has 0 unspecified atom stereocenters. The molecule has 7 heteroatoms. The van der Waals surface area contributed by atoms with Gasteiger partial charge in [-0.05, 0) is 36.8 Å². The Hall–Kier alpha value is -1.85. The van der Waals surface area contributed by atoms with Crippen LogP contribution in [0.1, 0.15) is 30.3 Å². The van der Waals surface area contributed by atoms with Crippen LogP contribution in [0.25, 0.3) is 0 Å². The summed E-state index contributed by atoms with van der Waals surface area (Å²) >= 11 is 12.0. The molecule has 5 nitrogen and oxygen atoms in total. The molecule has 0 aliphatic rings. The fraction of sp³-hybridized carbons (Fsp3) is 0.312. The maximum atomic E-state index is 12.2. The summed E-state index contributed by atoms with van der Waals surface area (Å²) in [5, 5.41) is 12.1. The van der Waals surface area contributed by atoms with E-state index in [0.717, 1.165) is 12.8 Å². The number of carbonyl (C=O) groups excluding carboxylic acids is 1. The van der Waals surface area contributed by atoms with Crippen LogP contribution < -0.4 is 5.32 Å². The third kappa shape index (κ3) is 4.81. The number of benzene rings is 1. The number of aromatic nitrogens is 2. The number of nitrogens with zero attached hydrogens (tertiary/aromatic N) is 3. The number of amides is 1. The van der Waals surface area contributed by atoms with Crippen molar-refractivity contribution in [1.82, 2.24) is 15.1 Å². The molecular formula is C16H18Cl2N4O. The summed E-state index contributed by atoms with van der Waals surface area (Å²) < 4.78 is 0. The van der Waals surface area contributed by atoms with E-state index < -0.39 is 0 Å². The van der Waals surface area contributed by atoms with Gasteiger partial charge in [-0.1, -0.05) is 36.5 Å². The number of hydrogen-bond donors (Lipinski definition) is 1. The lowest BCUT2D eigenvalue weighted by molar-refractivity contribution is 0.0786. The van der Waals surface area contributed by atoms with Gasteiger partial charge in [0.1, 0.15) is 0 Å². The Kier molecular flexibility index (Phi) is 6.19. The van der Waals surface area contributed by atoms with Gasteiger partial charge < -0.3 is 10.2 Å². The van der Waals surface area contributed by atoms with Crippen LogP contribution in [0.4, 0.5) is 11.5 Å². The molecule has 1 amide bonds. The number of nitrogens with one attached hydrogen (secondary N) is 1. The molecule has 1 N–H and O–H groups in total. The molecule has 0 saturated heterocycles. The van der Waals surface area contributed by atoms with Gasteiger partial charge >= 0.3 is 0 Å².